The SMILES string of the molecule is Cc1nc2n(CC(=O)c3ccccc3)cc(Cl)c(C)c-2c1C#N. The van der Waals surface area contributed by atoms with Gasteiger partial charge in [-0.3, -0.25) is 4.79 Å². The monoisotopic (exact) mass is 323 g/mol. The molecule has 0 amide bonds. The van der Waals surface area contributed by atoms with Gasteiger partial charge in [-0.1, -0.05) is 41.9 Å². The minimum absolute atomic E-state index is 0.0315. The molecule has 0 unspecified atom stereocenters. The first-order valence-corrected chi connectivity index (χ1v) is 7.54. The molecule has 1 aromatic rings. The lowest BCUT2D eigenvalue weighted by atomic mass is 10.0. The number of aromatic nitrogens is 2. The Bertz CT molecular complexity index is 906. The van der Waals surface area contributed by atoms with Crippen LogP contribution < -0.4 is 0 Å². The number of benzene rings is 1. The van der Waals surface area contributed by atoms with E-state index < -0.39 is 0 Å². The molecule has 0 N–H and O–H groups in total. The van der Waals surface area contributed by atoms with Gasteiger partial charge < -0.3 is 4.57 Å². The van der Waals surface area contributed by atoms with Crippen molar-refractivity contribution in [3.8, 4) is 17.5 Å². The number of pyridine rings is 1. The molecule has 114 valence electrons. The fraction of sp³-hybridized carbons (Fsp3) is 0.167. The van der Waals surface area contributed by atoms with Gasteiger partial charge in [0.1, 0.15) is 11.9 Å². The molecule has 5 heteroatoms. The van der Waals surface area contributed by atoms with E-state index in [9.17, 15) is 10.1 Å². The summed E-state index contributed by atoms with van der Waals surface area (Å²) in [5.74, 6) is 0.584. The van der Waals surface area contributed by atoms with Gasteiger partial charge >= 0.3 is 0 Å². The van der Waals surface area contributed by atoms with Crippen LogP contribution >= 0.6 is 11.6 Å². The molecule has 0 saturated heterocycles. The third kappa shape index (κ3) is 2.60. The Labute approximate surface area is 139 Å². The van der Waals surface area contributed by atoms with E-state index in [2.05, 4.69) is 11.1 Å². The maximum atomic E-state index is 12.5. The summed E-state index contributed by atoms with van der Waals surface area (Å²) in [4.78, 5) is 16.9. The summed E-state index contributed by atoms with van der Waals surface area (Å²) in [5, 5.41) is 9.88. The standard InChI is InChI=1S/C18H14ClN3O/c1-11-15(19)9-22(10-16(23)13-6-4-3-5-7-13)18-17(11)14(8-20)12(2)21-18/h3-7,9H,10H2,1-2H3. The van der Waals surface area contributed by atoms with Crippen molar-refractivity contribution in [3.63, 3.8) is 0 Å². The molecule has 23 heavy (non-hydrogen) atoms. The van der Waals surface area contributed by atoms with Crippen LogP contribution in [0.5, 0.6) is 0 Å². The molecule has 0 aromatic heterocycles. The molecule has 0 spiro atoms. The molecule has 3 rings (SSSR count). The van der Waals surface area contributed by atoms with Gasteiger partial charge in [0, 0.05) is 17.3 Å². The van der Waals surface area contributed by atoms with Crippen molar-refractivity contribution >= 4 is 17.4 Å². The van der Waals surface area contributed by atoms with Crippen LogP contribution in [0.25, 0.3) is 11.4 Å². The number of hydrogen-bond acceptors (Lipinski definition) is 3. The van der Waals surface area contributed by atoms with Crippen molar-refractivity contribution in [3.05, 3.63) is 63.9 Å². The van der Waals surface area contributed by atoms with Gasteiger partial charge in [-0.15, -0.1) is 0 Å². The number of halogens is 1. The molecule has 2 aliphatic heterocycles. The van der Waals surface area contributed by atoms with Gasteiger partial charge in [0.05, 0.1) is 22.8 Å². The maximum Gasteiger partial charge on any atom is 0.182 e. The van der Waals surface area contributed by atoms with E-state index in [0.717, 1.165) is 11.1 Å². The van der Waals surface area contributed by atoms with Crippen LogP contribution in [0.1, 0.15) is 27.2 Å². The average Bonchev–Trinajstić information content (AvgIpc) is 2.90. The van der Waals surface area contributed by atoms with E-state index in [0.29, 0.717) is 27.7 Å². The lowest BCUT2D eigenvalue weighted by Crippen LogP contribution is -2.14. The highest BCUT2D eigenvalue weighted by Crippen LogP contribution is 2.35. The number of fused-ring (bicyclic) bond motifs is 1. The largest absolute Gasteiger partial charge is 0.323 e. The number of nitrogens with zero attached hydrogens (tertiary/aromatic N) is 3. The van der Waals surface area contributed by atoms with Crippen LogP contribution in [0.3, 0.4) is 0 Å². The molecule has 0 atom stereocenters. The smallest absolute Gasteiger partial charge is 0.182 e. The highest BCUT2D eigenvalue weighted by molar-refractivity contribution is 6.31. The molecule has 4 nitrogen and oxygen atoms in total. The van der Waals surface area contributed by atoms with E-state index in [1.54, 1.807) is 29.8 Å². The Hall–Kier alpha value is -2.64. The van der Waals surface area contributed by atoms with Crippen molar-refractivity contribution in [2.75, 3.05) is 0 Å². The molecule has 2 heterocycles. The van der Waals surface area contributed by atoms with E-state index in [1.165, 1.54) is 0 Å². The zero-order chi connectivity index (χ0) is 16.6. The Morgan fingerprint density at radius 1 is 1.30 bits per heavy atom. The van der Waals surface area contributed by atoms with Gasteiger partial charge in [0.2, 0.25) is 0 Å². The van der Waals surface area contributed by atoms with Gasteiger partial charge in [-0.05, 0) is 19.4 Å². The highest BCUT2D eigenvalue weighted by Gasteiger charge is 2.23. The van der Waals surface area contributed by atoms with Crippen LogP contribution in [0.15, 0.2) is 36.5 Å². The second-order valence-corrected chi connectivity index (χ2v) is 5.81. The summed E-state index contributed by atoms with van der Waals surface area (Å²) in [6, 6.07) is 11.3. The van der Waals surface area contributed by atoms with Gasteiger partial charge in [0.25, 0.3) is 0 Å². The summed E-state index contributed by atoms with van der Waals surface area (Å²) in [7, 11) is 0. The fourth-order valence-corrected chi connectivity index (χ4v) is 2.88. The maximum absolute atomic E-state index is 12.5. The molecule has 0 bridgehead atoms. The average molecular weight is 324 g/mol. The number of Topliss-reactive ketones (excluding diaryl/α,β-unsaturated/α-hetero) is 1. The highest BCUT2D eigenvalue weighted by atomic mass is 35.5. The predicted octanol–water partition coefficient (Wildman–Crippen LogP) is 4.01. The van der Waals surface area contributed by atoms with Crippen molar-refractivity contribution < 1.29 is 4.79 Å². The van der Waals surface area contributed by atoms with Crippen LogP contribution in [0.2, 0.25) is 5.02 Å². The number of carbonyl (C=O) groups excluding carboxylic acids is 1. The Balaban J connectivity index is 2.09. The van der Waals surface area contributed by atoms with Crippen molar-refractivity contribution in [2.45, 2.75) is 20.4 Å². The molecule has 0 radical (unpaired) electrons. The van der Waals surface area contributed by atoms with E-state index in [1.807, 2.05) is 25.1 Å². The molecular weight excluding hydrogens is 310 g/mol. The van der Waals surface area contributed by atoms with Crippen molar-refractivity contribution in [1.82, 2.24) is 9.55 Å². The first kappa shape index (κ1) is 15.3. The summed E-state index contributed by atoms with van der Waals surface area (Å²) in [6.07, 6.45) is 1.70. The number of nitriles is 1. The second-order valence-electron chi connectivity index (χ2n) is 5.40. The van der Waals surface area contributed by atoms with Crippen LogP contribution in [-0.4, -0.2) is 15.3 Å². The summed E-state index contributed by atoms with van der Waals surface area (Å²) in [6.45, 7) is 3.77. The van der Waals surface area contributed by atoms with E-state index in [4.69, 9.17) is 11.6 Å². The number of aryl methyl sites for hydroxylation is 1. The Morgan fingerprint density at radius 2 is 2.00 bits per heavy atom. The molecule has 1 aromatic carbocycles. The number of hydrogen-bond donors (Lipinski definition) is 0. The summed E-state index contributed by atoms with van der Waals surface area (Å²) >= 11 is 6.29. The zero-order valence-corrected chi connectivity index (χ0v) is 13.6. The van der Waals surface area contributed by atoms with Crippen LogP contribution in [0.4, 0.5) is 0 Å². The van der Waals surface area contributed by atoms with Gasteiger partial charge in [0.15, 0.2) is 5.78 Å². The predicted molar refractivity (Wildman–Crippen MR) is 88.8 cm³/mol. The van der Waals surface area contributed by atoms with Crippen LogP contribution in [-0.2, 0) is 6.54 Å². The number of rotatable bonds is 3. The fourth-order valence-electron chi connectivity index (χ4n) is 2.67. The summed E-state index contributed by atoms with van der Waals surface area (Å²) < 4.78 is 1.72. The lowest BCUT2D eigenvalue weighted by molar-refractivity contribution is 0.0972. The topological polar surface area (TPSA) is 58.7 Å². The third-order valence-corrected chi connectivity index (χ3v) is 4.29. The number of ketones is 1. The van der Waals surface area contributed by atoms with Gasteiger partial charge in [-0.25, -0.2) is 4.98 Å². The third-order valence-electron chi connectivity index (χ3n) is 3.91. The van der Waals surface area contributed by atoms with Crippen LogP contribution in [0, 0.1) is 25.2 Å². The zero-order valence-electron chi connectivity index (χ0n) is 12.8. The molecular formula is C18H14ClN3O. The van der Waals surface area contributed by atoms with Crippen molar-refractivity contribution in [1.29, 1.82) is 5.26 Å². The second kappa shape index (κ2) is 5.86. The number of carbonyl (C=O) groups is 1. The molecule has 0 aliphatic carbocycles. The molecule has 0 saturated carbocycles. The Kier molecular flexibility index (Phi) is 3.89. The normalized spacial score (nSPS) is 10.7. The minimum Gasteiger partial charge on any atom is -0.323 e. The Morgan fingerprint density at radius 3 is 2.65 bits per heavy atom. The molecule has 2 aliphatic rings. The van der Waals surface area contributed by atoms with E-state index >= 15 is 0 Å². The van der Waals surface area contributed by atoms with Crippen molar-refractivity contribution in [2.24, 2.45) is 0 Å². The van der Waals surface area contributed by atoms with E-state index in [-0.39, 0.29) is 12.3 Å². The molecule has 0 fully saturated rings. The minimum atomic E-state index is -0.0315. The van der Waals surface area contributed by atoms with Gasteiger partial charge in [-0.2, -0.15) is 5.26 Å². The lowest BCUT2D eigenvalue weighted by Gasteiger charge is -2.15. The quantitative estimate of drug-likeness (QED) is 0.684. The first-order valence-electron chi connectivity index (χ1n) is 7.16. The summed E-state index contributed by atoms with van der Waals surface area (Å²) in [5.41, 5.74) is 3.32. The first-order chi connectivity index (χ1) is 11.0.